The molecular weight excluding hydrogens is 130 g/mol. The minimum atomic E-state index is -0.211. The number of methoxy groups -OCH3 is 1. The van der Waals surface area contributed by atoms with Gasteiger partial charge in [-0.3, -0.25) is 4.79 Å². The van der Waals surface area contributed by atoms with Crippen molar-refractivity contribution in [1.82, 2.24) is 0 Å². The predicted molar refractivity (Wildman–Crippen MR) is 39.4 cm³/mol. The van der Waals surface area contributed by atoms with Crippen LogP contribution >= 0.6 is 0 Å². The first-order valence-corrected chi connectivity index (χ1v) is 3.41. The molecule has 1 atom stereocenters. The SMILES string of the molecule is COC(=O)[C@H](CN)C(C)C. The van der Waals surface area contributed by atoms with Crippen LogP contribution in [0.4, 0.5) is 0 Å². The molecule has 3 nitrogen and oxygen atoms in total. The summed E-state index contributed by atoms with van der Waals surface area (Å²) >= 11 is 0. The van der Waals surface area contributed by atoms with Crippen molar-refractivity contribution >= 4 is 5.97 Å². The van der Waals surface area contributed by atoms with E-state index < -0.39 is 0 Å². The highest BCUT2D eigenvalue weighted by molar-refractivity contribution is 5.72. The highest BCUT2D eigenvalue weighted by atomic mass is 16.5. The van der Waals surface area contributed by atoms with E-state index in [1.807, 2.05) is 13.8 Å². The van der Waals surface area contributed by atoms with Gasteiger partial charge in [0, 0.05) is 6.54 Å². The van der Waals surface area contributed by atoms with E-state index in [4.69, 9.17) is 5.73 Å². The van der Waals surface area contributed by atoms with Crippen molar-refractivity contribution in [2.75, 3.05) is 13.7 Å². The van der Waals surface area contributed by atoms with Gasteiger partial charge in [0.25, 0.3) is 0 Å². The Morgan fingerprint density at radius 3 is 2.20 bits per heavy atom. The van der Waals surface area contributed by atoms with Crippen LogP contribution in [0.5, 0.6) is 0 Å². The third-order valence-electron chi connectivity index (χ3n) is 1.56. The second kappa shape index (κ2) is 4.28. The van der Waals surface area contributed by atoms with E-state index >= 15 is 0 Å². The zero-order chi connectivity index (χ0) is 8.15. The number of esters is 1. The Morgan fingerprint density at radius 2 is 2.10 bits per heavy atom. The highest BCUT2D eigenvalue weighted by Crippen LogP contribution is 2.09. The summed E-state index contributed by atoms with van der Waals surface area (Å²) < 4.78 is 4.55. The molecule has 0 unspecified atom stereocenters. The molecule has 0 radical (unpaired) electrons. The van der Waals surface area contributed by atoms with Gasteiger partial charge in [-0.15, -0.1) is 0 Å². The first-order chi connectivity index (χ1) is 4.63. The number of nitrogens with two attached hydrogens (primary N) is 1. The van der Waals surface area contributed by atoms with Crippen LogP contribution in [0.25, 0.3) is 0 Å². The maximum Gasteiger partial charge on any atom is 0.310 e. The highest BCUT2D eigenvalue weighted by Gasteiger charge is 2.20. The van der Waals surface area contributed by atoms with E-state index in [2.05, 4.69) is 4.74 Å². The van der Waals surface area contributed by atoms with Gasteiger partial charge in [0.1, 0.15) is 0 Å². The van der Waals surface area contributed by atoms with Crippen LogP contribution in [0.1, 0.15) is 13.8 Å². The molecule has 0 saturated carbocycles. The van der Waals surface area contributed by atoms with Crippen LogP contribution in [0, 0.1) is 11.8 Å². The molecule has 0 fully saturated rings. The summed E-state index contributed by atoms with van der Waals surface area (Å²) in [5, 5.41) is 0. The fourth-order valence-corrected chi connectivity index (χ4v) is 0.792. The summed E-state index contributed by atoms with van der Waals surface area (Å²) in [6, 6.07) is 0. The topological polar surface area (TPSA) is 52.3 Å². The molecule has 3 heteroatoms. The minimum Gasteiger partial charge on any atom is -0.469 e. The van der Waals surface area contributed by atoms with Crippen molar-refractivity contribution in [1.29, 1.82) is 0 Å². The van der Waals surface area contributed by atoms with Gasteiger partial charge in [-0.2, -0.15) is 0 Å². The van der Waals surface area contributed by atoms with E-state index in [1.54, 1.807) is 0 Å². The van der Waals surface area contributed by atoms with Crippen molar-refractivity contribution < 1.29 is 9.53 Å². The Labute approximate surface area is 61.5 Å². The Morgan fingerprint density at radius 1 is 1.60 bits per heavy atom. The maximum absolute atomic E-state index is 10.9. The van der Waals surface area contributed by atoms with Crippen molar-refractivity contribution in [3.05, 3.63) is 0 Å². The Kier molecular flexibility index (Phi) is 4.03. The fourth-order valence-electron chi connectivity index (χ4n) is 0.792. The van der Waals surface area contributed by atoms with Crippen LogP contribution in [0.3, 0.4) is 0 Å². The van der Waals surface area contributed by atoms with Gasteiger partial charge in [-0.05, 0) is 5.92 Å². The van der Waals surface area contributed by atoms with Crippen LogP contribution in [0.15, 0.2) is 0 Å². The zero-order valence-corrected chi connectivity index (χ0v) is 6.76. The molecule has 0 bridgehead atoms. The lowest BCUT2D eigenvalue weighted by Gasteiger charge is -2.14. The van der Waals surface area contributed by atoms with Crippen LogP contribution in [0.2, 0.25) is 0 Å². The quantitative estimate of drug-likeness (QED) is 0.584. The average Bonchev–Trinajstić information content (AvgIpc) is 1.88. The van der Waals surface area contributed by atoms with Gasteiger partial charge in [0.05, 0.1) is 13.0 Å². The normalized spacial score (nSPS) is 13.3. The second-order valence-corrected chi connectivity index (χ2v) is 2.61. The third kappa shape index (κ3) is 2.35. The van der Waals surface area contributed by atoms with E-state index in [9.17, 15) is 4.79 Å². The number of ether oxygens (including phenoxy) is 1. The minimum absolute atomic E-state index is 0.148. The van der Waals surface area contributed by atoms with Crippen molar-refractivity contribution in [3.63, 3.8) is 0 Å². The fraction of sp³-hybridized carbons (Fsp3) is 0.857. The number of hydrogen-bond acceptors (Lipinski definition) is 3. The lowest BCUT2D eigenvalue weighted by atomic mass is 9.96. The standard InChI is InChI=1S/C7H15NO2/c1-5(2)6(4-8)7(9)10-3/h5-6H,4,8H2,1-3H3/t6-/m1/s1. The number of carbonyl (C=O) groups is 1. The molecule has 0 aliphatic carbocycles. The molecule has 2 N–H and O–H groups in total. The van der Waals surface area contributed by atoms with Gasteiger partial charge in [-0.1, -0.05) is 13.8 Å². The van der Waals surface area contributed by atoms with Crippen LogP contribution in [-0.2, 0) is 9.53 Å². The van der Waals surface area contributed by atoms with Gasteiger partial charge >= 0.3 is 5.97 Å². The first kappa shape index (κ1) is 9.43. The number of rotatable bonds is 3. The molecule has 0 saturated heterocycles. The zero-order valence-electron chi connectivity index (χ0n) is 6.76. The van der Waals surface area contributed by atoms with Gasteiger partial charge in [0.2, 0.25) is 0 Å². The van der Waals surface area contributed by atoms with Crippen molar-refractivity contribution in [2.45, 2.75) is 13.8 Å². The molecule has 0 aliphatic rings. The maximum atomic E-state index is 10.9. The molecule has 0 aromatic carbocycles. The molecule has 0 aromatic rings. The molecule has 0 rings (SSSR count). The third-order valence-corrected chi connectivity index (χ3v) is 1.56. The average molecular weight is 145 g/mol. The van der Waals surface area contributed by atoms with E-state index in [0.29, 0.717) is 6.54 Å². The van der Waals surface area contributed by atoms with Gasteiger partial charge in [0.15, 0.2) is 0 Å². The summed E-state index contributed by atoms with van der Waals surface area (Å²) in [6.45, 7) is 4.27. The molecule has 0 spiro atoms. The Hall–Kier alpha value is -0.570. The Balaban J connectivity index is 3.93. The number of hydrogen-bond donors (Lipinski definition) is 1. The Bertz CT molecular complexity index is 112. The van der Waals surface area contributed by atoms with Crippen molar-refractivity contribution in [3.8, 4) is 0 Å². The van der Waals surface area contributed by atoms with Crippen LogP contribution < -0.4 is 5.73 Å². The molecular formula is C7H15NO2. The molecule has 0 aromatic heterocycles. The summed E-state index contributed by atoms with van der Waals surface area (Å²) in [6.07, 6.45) is 0. The smallest absolute Gasteiger partial charge is 0.310 e. The van der Waals surface area contributed by atoms with Gasteiger partial charge in [-0.25, -0.2) is 0 Å². The number of carbonyl (C=O) groups excluding carboxylic acids is 1. The van der Waals surface area contributed by atoms with E-state index in [0.717, 1.165) is 0 Å². The predicted octanol–water partition coefficient (Wildman–Crippen LogP) is 0.390. The molecule has 0 heterocycles. The molecule has 60 valence electrons. The van der Waals surface area contributed by atoms with Gasteiger partial charge < -0.3 is 10.5 Å². The summed E-state index contributed by atoms with van der Waals surface area (Å²) in [4.78, 5) is 10.9. The summed E-state index contributed by atoms with van der Waals surface area (Å²) in [7, 11) is 1.38. The molecule has 10 heavy (non-hydrogen) atoms. The summed E-state index contributed by atoms with van der Waals surface area (Å²) in [5.74, 6) is -0.0973. The summed E-state index contributed by atoms with van der Waals surface area (Å²) in [5.41, 5.74) is 5.35. The van der Waals surface area contributed by atoms with Crippen molar-refractivity contribution in [2.24, 2.45) is 17.6 Å². The van der Waals surface area contributed by atoms with E-state index in [-0.39, 0.29) is 17.8 Å². The van der Waals surface area contributed by atoms with Crippen LogP contribution in [-0.4, -0.2) is 19.6 Å². The molecule has 0 amide bonds. The molecule has 0 aliphatic heterocycles. The second-order valence-electron chi connectivity index (χ2n) is 2.61. The van der Waals surface area contributed by atoms with E-state index in [1.165, 1.54) is 7.11 Å². The lowest BCUT2D eigenvalue weighted by Crippen LogP contribution is -2.29. The first-order valence-electron chi connectivity index (χ1n) is 3.41. The monoisotopic (exact) mass is 145 g/mol. The largest absolute Gasteiger partial charge is 0.469 e. The lowest BCUT2D eigenvalue weighted by molar-refractivity contribution is -0.146.